The van der Waals surface area contributed by atoms with E-state index in [1.165, 1.54) is 16.8 Å². The molecule has 0 unspecified atom stereocenters. The molecular weight excluding hydrogens is 422 g/mol. The van der Waals surface area contributed by atoms with Crippen LogP contribution in [0.1, 0.15) is 43.8 Å². The van der Waals surface area contributed by atoms with Gasteiger partial charge in [-0.3, -0.25) is 9.59 Å². The zero-order valence-electron chi connectivity index (χ0n) is 19.7. The minimum absolute atomic E-state index is 0.0344. The molecule has 1 fully saturated rings. The molecule has 1 heterocycles. The van der Waals surface area contributed by atoms with E-state index in [4.69, 9.17) is 0 Å². The summed E-state index contributed by atoms with van der Waals surface area (Å²) >= 11 is 0. The van der Waals surface area contributed by atoms with E-state index in [9.17, 15) is 9.59 Å². The Morgan fingerprint density at radius 2 is 1.47 bits per heavy atom. The Hall–Kier alpha value is -3.44. The van der Waals surface area contributed by atoms with Crippen LogP contribution in [0.25, 0.3) is 0 Å². The topological polar surface area (TPSA) is 52.6 Å². The summed E-state index contributed by atoms with van der Waals surface area (Å²) in [7, 11) is 2.17. The lowest BCUT2D eigenvalue weighted by molar-refractivity contribution is 0.0932. The number of fused-ring (bicyclic) bond motifs is 1. The number of rotatable bonds is 5. The Bertz CT molecular complexity index is 1170. The Morgan fingerprint density at radius 1 is 0.794 bits per heavy atom. The van der Waals surface area contributed by atoms with Crippen LogP contribution in [0.2, 0.25) is 0 Å². The van der Waals surface area contributed by atoms with Crippen LogP contribution >= 0.6 is 0 Å². The molecule has 34 heavy (non-hydrogen) atoms. The number of carbonyl (C=O) groups excluding carboxylic acids is 2. The van der Waals surface area contributed by atoms with E-state index in [1.54, 1.807) is 36.4 Å². The molecule has 3 aromatic rings. The Morgan fingerprint density at radius 3 is 2.21 bits per heavy atom. The first-order chi connectivity index (χ1) is 16.6. The summed E-state index contributed by atoms with van der Waals surface area (Å²) in [6, 6.07) is 22.9. The molecule has 0 spiro atoms. The van der Waals surface area contributed by atoms with Crippen molar-refractivity contribution in [3.63, 3.8) is 0 Å². The van der Waals surface area contributed by atoms with Crippen molar-refractivity contribution in [2.24, 2.45) is 0 Å². The summed E-state index contributed by atoms with van der Waals surface area (Å²) in [5.74, 6) is -0.114. The summed E-state index contributed by atoms with van der Waals surface area (Å²) < 4.78 is 0. The summed E-state index contributed by atoms with van der Waals surface area (Å²) in [5.41, 5.74) is 5.94. The van der Waals surface area contributed by atoms with Gasteiger partial charge in [-0.1, -0.05) is 54.6 Å². The van der Waals surface area contributed by atoms with Gasteiger partial charge in [-0.2, -0.15) is 0 Å². The number of aryl methyl sites for hydroxylation is 1. The highest BCUT2D eigenvalue weighted by atomic mass is 16.1. The van der Waals surface area contributed by atoms with Gasteiger partial charge in [-0.25, -0.2) is 0 Å². The standard InChI is InChI=1S/C29H31N3O2/c1-31-16-18-32(19-17-31)27-9-5-8-21-14-15-25(20-26(21)27)30-29(34)24-12-10-23(11-13-24)28(33)22-6-3-2-4-7-22/h2-13,25H,14-20H2,1H3,(H,30,34)/t25-/m1/s1. The largest absolute Gasteiger partial charge is 0.369 e. The molecule has 174 valence electrons. The number of hydrogen-bond acceptors (Lipinski definition) is 4. The molecule has 1 N–H and O–H groups in total. The van der Waals surface area contributed by atoms with Crippen molar-refractivity contribution >= 4 is 17.4 Å². The summed E-state index contributed by atoms with van der Waals surface area (Å²) in [6.07, 6.45) is 2.77. The van der Waals surface area contributed by atoms with Gasteiger partial charge >= 0.3 is 0 Å². The molecule has 1 atom stereocenters. The van der Waals surface area contributed by atoms with Crippen molar-refractivity contribution in [3.05, 3.63) is 101 Å². The van der Waals surface area contributed by atoms with Crippen LogP contribution in [-0.4, -0.2) is 55.9 Å². The quantitative estimate of drug-likeness (QED) is 0.595. The molecule has 0 aromatic heterocycles. The predicted molar refractivity (Wildman–Crippen MR) is 136 cm³/mol. The average molecular weight is 454 g/mol. The maximum Gasteiger partial charge on any atom is 0.251 e. The molecule has 0 bridgehead atoms. The monoisotopic (exact) mass is 453 g/mol. The lowest BCUT2D eigenvalue weighted by atomic mass is 9.86. The highest BCUT2D eigenvalue weighted by molar-refractivity contribution is 6.09. The fourth-order valence-corrected chi connectivity index (χ4v) is 5.03. The van der Waals surface area contributed by atoms with E-state index >= 15 is 0 Å². The SMILES string of the molecule is CN1CCN(c2cccc3c2C[C@H](NC(=O)c2ccc(C(=O)c4ccccc4)cc2)CC3)CC1. The third-order valence-electron chi connectivity index (χ3n) is 7.09. The van der Waals surface area contributed by atoms with E-state index in [1.807, 2.05) is 18.2 Å². The predicted octanol–water partition coefficient (Wildman–Crippen LogP) is 3.96. The van der Waals surface area contributed by atoms with Crippen LogP contribution in [0.15, 0.2) is 72.8 Å². The molecule has 5 heteroatoms. The number of nitrogens with one attached hydrogen (secondary N) is 1. The highest BCUT2D eigenvalue weighted by Gasteiger charge is 2.25. The van der Waals surface area contributed by atoms with Gasteiger partial charge in [0.25, 0.3) is 5.91 Å². The lowest BCUT2D eigenvalue weighted by Gasteiger charge is -2.37. The summed E-state index contributed by atoms with van der Waals surface area (Å²) in [5, 5.41) is 3.24. The van der Waals surface area contributed by atoms with Gasteiger partial charge in [0.2, 0.25) is 0 Å². The van der Waals surface area contributed by atoms with Crippen molar-refractivity contribution in [1.29, 1.82) is 0 Å². The first-order valence-electron chi connectivity index (χ1n) is 12.1. The molecular formula is C29H31N3O2. The zero-order chi connectivity index (χ0) is 23.5. The van der Waals surface area contributed by atoms with Crippen LogP contribution in [0.5, 0.6) is 0 Å². The van der Waals surface area contributed by atoms with Crippen molar-refractivity contribution in [3.8, 4) is 0 Å². The van der Waals surface area contributed by atoms with Crippen LogP contribution in [0.4, 0.5) is 5.69 Å². The van der Waals surface area contributed by atoms with Crippen LogP contribution < -0.4 is 10.2 Å². The molecule has 3 aromatic carbocycles. The van der Waals surface area contributed by atoms with Gasteiger partial charge in [-0.15, -0.1) is 0 Å². The Labute approximate surface area is 201 Å². The van der Waals surface area contributed by atoms with E-state index in [0.29, 0.717) is 16.7 Å². The third-order valence-corrected chi connectivity index (χ3v) is 7.09. The molecule has 0 saturated carbocycles. The van der Waals surface area contributed by atoms with Crippen molar-refractivity contribution in [2.45, 2.75) is 25.3 Å². The zero-order valence-corrected chi connectivity index (χ0v) is 19.7. The number of hydrogen-bond donors (Lipinski definition) is 1. The van der Waals surface area contributed by atoms with Gasteiger partial charge < -0.3 is 15.1 Å². The molecule has 1 aliphatic carbocycles. The number of anilines is 1. The third kappa shape index (κ3) is 4.75. The summed E-state index contributed by atoms with van der Waals surface area (Å²) in [4.78, 5) is 30.5. The second-order valence-corrected chi connectivity index (χ2v) is 9.39. The first-order valence-corrected chi connectivity index (χ1v) is 12.1. The normalized spacial score (nSPS) is 18.3. The second-order valence-electron chi connectivity index (χ2n) is 9.39. The maximum absolute atomic E-state index is 13.0. The average Bonchev–Trinajstić information content (AvgIpc) is 2.89. The number of nitrogens with zero attached hydrogens (tertiary/aromatic N) is 2. The van der Waals surface area contributed by atoms with E-state index in [2.05, 4.69) is 40.4 Å². The highest BCUT2D eigenvalue weighted by Crippen LogP contribution is 2.31. The van der Waals surface area contributed by atoms with Crippen molar-refractivity contribution < 1.29 is 9.59 Å². The van der Waals surface area contributed by atoms with Gasteiger partial charge in [0.1, 0.15) is 0 Å². The fourth-order valence-electron chi connectivity index (χ4n) is 5.03. The van der Waals surface area contributed by atoms with Crippen LogP contribution in [-0.2, 0) is 12.8 Å². The lowest BCUT2D eigenvalue weighted by Crippen LogP contribution is -2.45. The molecule has 5 nitrogen and oxygen atoms in total. The molecule has 1 aliphatic heterocycles. The number of likely N-dealkylation sites (N-methyl/N-ethyl adjacent to an activating group) is 1. The van der Waals surface area contributed by atoms with Crippen molar-refractivity contribution in [1.82, 2.24) is 10.2 Å². The number of piperazine rings is 1. The van der Waals surface area contributed by atoms with Gasteiger partial charge in [0.15, 0.2) is 5.78 Å². The Balaban J connectivity index is 1.26. The number of benzene rings is 3. The fraction of sp³-hybridized carbons (Fsp3) is 0.310. The van der Waals surface area contributed by atoms with Crippen LogP contribution in [0.3, 0.4) is 0 Å². The van der Waals surface area contributed by atoms with E-state index < -0.39 is 0 Å². The van der Waals surface area contributed by atoms with E-state index in [0.717, 1.165) is 45.4 Å². The van der Waals surface area contributed by atoms with E-state index in [-0.39, 0.29) is 17.7 Å². The minimum atomic E-state index is -0.0794. The maximum atomic E-state index is 13.0. The first kappa shape index (κ1) is 22.4. The smallest absolute Gasteiger partial charge is 0.251 e. The molecule has 1 amide bonds. The molecule has 1 saturated heterocycles. The number of amides is 1. The van der Waals surface area contributed by atoms with Gasteiger partial charge in [0.05, 0.1) is 0 Å². The molecule has 0 radical (unpaired) electrons. The Kier molecular flexibility index (Phi) is 6.45. The van der Waals surface area contributed by atoms with Crippen molar-refractivity contribution in [2.75, 3.05) is 38.1 Å². The van der Waals surface area contributed by atoms with Gasteiger partial charge in [0, 0.05) is 54.6 Å². The summed E-state index contributed by atoms with van der Waals surface area (Å²) in [6.45, 7) is 4.23. The van der Waals surface area contributed by atoms with Crippen LogP contribution in [0, 0.1) is 0 Å². The second kappa shape index (κ2) is 9.82. The number of carbonyl (C=O) groups is 2. The van der Waals surface area contributed by atoms with Gasteiger partial charge in [-0.05, 0) is 55.6 Å². The molecule has 2 aliphatic rings. The number of ketones is 1. The molecule has 5 rings (SSSR count). The minimum Gasteiger partial charge on any atom is -0.369 e.